The van der Waals surface area contributed by atoms with Crippen molar-refractivity contribution in [2.45, 2.75) is 19.4 Å². The summed E-state index contributed by atoms with van der Waals surface area (Å²) in [4.78, 5) is 11.1. The maximum absolute atomic E-state index is 13.4. The molecule has 0 fully saturated rings. The van der Waals surface area contributed by atoms with Crippen LogP contribution in [0.3, 0.4) is 0 Å². The largest absolute Gasteiger partial charge is 0.368 e. The molecule has 1 amide bonds. The molecule has 0 spiro atoms. The Kier molecular flexibility index (Phi) is 4.37. The third-order valence-corrected chi connectivity index (χ3v) is 2.17. The van der Waals surface area contributed by atoms with Gasteiger partial charge in [-0.3, -0.25) is 4.79 Å². The molecule has 0 heterocycles. The van der Waals surface area contributed by atoms with Gasteiger partial charge in [-0.1, -0.05) is 13.0 Å². The van der Waals surface area contributed by atoms with E-state index in [0.717, 1.165) is 18.6 Å². The predicted octanol–water partition coefficient (Wildman–Crippen LogP) is 1.49. The lowest BCUT2D eigenvalue weighted by Crippen LogP contribution is -2.35. The second-order valence-electron chi connectivity index (χ2n) is 3.42. The molecule has 1 atom stereocenters. The Labute approximate surface area is 92.6 Å². The van der Waals surface area contributed by atoms with Crippen molar-refractivity contribution in [3.05, 3.63) is 35.4 Å². The molecule has 0 aliphatic rings. The topological polar surface area (TPSA) is 55.1 Å². The van der Waals surface area contributed by atoms with Gasteiger partial charge in [0.25, 0.3) is 0 Å². The summed E-state index contributed by atoms with van der Waals surface area (Å²) in [5.41, 5.74) is 4.80. The molecule has 0 aliphatic carbocycles. The second-order valence-corrected chi connectivity index (χ2v) is 3.42. The van der Waals surface area contributed by atoms with E-state index in [1.54, 1.807) is 0 Å². The number of nitrogens with two attached hydrogens (primary N) is 1. The van der Waals surface area contributed by atoms with E-state index in [9.17, 15) is 13.6 Å². The fraction of sp³-hybridized carbons (Fsp3) is 0.364. The molecule has 1 aromatic rings. The minimum Gasteiger partial charge on any atom is -0.368 e. The highest BCUT2D eigenvalue weighted by Gasteiger charge is 2.23. The first-order valence-electron chi connectivity index (χ1n) is 5.04. The number of nitrogens with one attached hydrogen (secondary N) is 1. The number of primary amides is 1. The number of amides is 1. The zero-order valence-electron chi connectivity index (χ0n) is 8.97. The van der Waals surface area contributed by atoms with Crippen LogP contribution in [0.25, 0.3) is 0 Å². The standard InChI is InChI=1S/C11H14F2N2O/c1-2-6-15-10(11(14)16)9-7(12)4-3-5-8(9)13/h3-5,10,15H,2,6H2,1H3,(H2,14,16). The highest BCUT2D eigenvalue weighted by atomic mass is 19.1. The van der Waals surface area contributed by atoms with Gasteiger partial charge in [-0.05, 0) is 25.1 Å². The van der Waals surface area contributed by atoms with Gasteiger partial charge in [0, 0.05) is 5.56 Å². The zero-order chi connectivity index (χ0) is 12.1. The van der Waals surface area contributed by atoms with Crippen LogP contribution in [-0.4, -0.2) is 12.5 Å². The monoisotopic (exact) mass is 228 g/mol. The maximum Gasteiger partial charge on any atom is 0.239 e. The van der Waals surface area contributed by atoms with E-state index >= 15 is 0 Å². The molecule has 1 rings (SSSR count). The first kappa shape index (κ1) is 12.6. The third kappa shape index (κ3) is 2.76. The van der Waals surface area contributed by atoms with Crippen molar-refractivity contribution in [3.63, 3.8) is 0 Å². The molecular weight excluding hydrogens is 214 g/mol. The Morgan fingerprint density at radius 1 is 1.44 bits per heavy atom. The first-order chi connectivity index (χ1) is 7.57. The lowest BCUT2D eigenvalue weighted by atomic mass is 10.0. The van der Waals surface area contributed by atoms with Crippen LogP contribution in [-0.2, 0) is 4.79 Å². The van der Waals surface area contributed by atoms with E-state index < -0.39 is 23.6 Å². The van der Waals surface area contributed by atoms with Crippen molar-refractivity contribution in [1.29, 1.82) is 0 Å². The van der Waals surface area contributed by atoms with Gasteiger partial charge in [0.2, 0.25) is 5.91 Å². The van der Waals surface area contributed by atoms with Gasteiger partial charge in [-0.25, -0.2) is 8.78 Å². The Bertz CT molecular complexity index is 362. The summed E-state index contributed by atoms with van der Waals surface area (Å²) < 4.78 is 26.8. The molecule has 1 aromatic carbocycles. The summed E-state index contributed by atoms with van der Waals surface area (Å²) in [6.07, 6.45) is 0.736. The van der Waals surface area contributed by atoms with Crippen LogP contribution in [0.4, 0.5) is 8.78 Å². The molecular formula is C11H14F2N2O. The summed E-state index contributed by atoms with van der Waals surface area (Å²) in [5, 5.41) is 2.71. The SMILES string of the molecule is CCCNC(C(N)=O)c1c(F)cccc1F. The van der Waals surface area contributed by atoms with Gasteiger partial charge in [0.15, 0.2) is 0 Å². The number of rotatable bonds is 5. The Hall–Kier alpha value is -1.49. The van der Waals surface area contributed by atoms with Crippen LogP contribution in [0.15, 0.2) is 18.2 Å². The molecule has 0 bridgehead atoms. The Balaban J connectivity index is 3.05. The van der Waals surface area contributed by atoms with E-state index in [1.807, 2.05) is 6.92 Å². The van der Waals surface area contributed by atoms with Crippen molar-refractivity contribution in [1.82, 2.24) is 5.32 Å². The average Bonchev–Trinajstić information content (AvgIpc) is 2.21. The van der Waals surface area contributed by atoms with E-state index in [2.05, 4.69) is 5.32 Å². The van der Waals surface area contributed by atoms with E-state index in [-0.39, 0.29) is 5.56 Å². The van der Waals surface area contributed by atoms with Gasteiger partial charge in [0.1, 0.15) is 17.7 Å². The van der Waals surface area contributed by atoms with Crippen LogP contribution < -0.4 is 11.1 Å². The van der Waals surface area contributed by atoms with E-state index in [0.29, 0.717) is 6.54 Å². The number of carbonyl (C=O) groups excluding carboxylic acids is 1. The highest BCUT2D eigenvalue weighted by molar-refractivity contribution is 5.81. The van der Waals surface area contributed by atoms with Crippen molar-refractivity contribution in [3.8, 4) is 0 Å². The van der Waals surface area contributed by atoms with Gasteiger partial charge < -0.3 is 11.1 Å². The first-order valence-corrected chi connectivity index (χ1v) is 5.04. The normalized spacial score (nSPS) is 12.4. The molecule has 3 nitrogen and oxygen atoms in total. The molecule has 0 radical (unpaired) electrons. The molecule has 0 saturated heterocycles. The number of hydrogen-bond donors (Lipinski definition) is 2. The zero-order valence-corrected chi connectivity index (χ0v) is 8.97. The van der Waals surface area contributed by atoms with E-state index in [1.165, 1.54) is 6.07 Å². The van der Waals surface area contributed by atoms with E-state index in [4.69, 9.17) is 5.73 Å². The lowest BCUT2D eigenvalue weighted by Gasteiger charge is -2.16. The minimum absolute atomic E-state index is 0.316. The second kappa shape index (κ2) is 5.55. The fourth-order valence-electron chi connectivity index (χ4n) is 1.42. The fourth-order valence-corrected chi connectivity index (χ4v) is 1.42. The molecule has 3 N–H and O–H groups in total. The molecule has 16 heavy (non-hydrogen) atoms. The number of halogens is 2. The van der Waals surface area contributed by atoms with Crippen LogP contribution in [0.1, 0.15) is 24.9 Å². The van der Waals surface area contributed by atoms with Gasteiger partial charge in [-0.15, -0.1) is 0 Å². The Morgan fingerprint density at radius 3 is 2.44 bits per heavy atom. The summed E-state index contributed by atoms with van der Waals surface area (Å²) in [6, 6.07) is 2.32. The Morgan fingerprint density at radius 2 is 2.00 bits per heavy atom. The third-order valence-electron chi connectivity index (χ3n) is 2.17. The highest BCUT2D eigenvalue weighted by Crippen LogP contribution is 2.20. The van der Waals surface area contributed by atoms with Crippen LogP contribution in [0, 0.1) is 11.6 Å². The average molecular weight is 228 g/mol. The van der Waals surface area contributed by atoms with Gasteiger partial charge in [0.05, 0.1) is 0 Å². The number of carbonyl (C=O) groups is 1. The predicted molar refractivity (Wildman–Crippen MR) is 56.6 cm³/mol. The maximum atomic E-state index is 13.4. The van der Waals surface area contributed by atoms with Crippen LogP contribution in [0.2, 0.25) is 0 Å². The summed E-state index contributed by atoms with van der Waals surface area (Å²) >= 11 is 0. The smallest absolute Gasteiger partial charge is 0.239 e. The van der Waals surface area contributed by atoms with Crippen molar-refractivity contribution >= 4 is 5.91 Å². The summed E-state index contributed by atoms with van der Waals surface area (Å²) in [6.45, 7) is 2.34. The molecule has 88 valence electrons. The quantitative estimate of drug-likeness (QED) is 0.802. The van der Waals surface area contributed by atoms with Gasteiger partial charge >= 0.3 is 0 Å². The molecule has 0 aliphatic heterocycles. The van der Waals surface area contributed by atoms with Crippen molar-refractivity contribution in [2.24, 2.45) is 5.73 Å². The van der Waals surface area contributed by atoms with Gasteiger partial charge in [-0.2, -0.15) is 0 Å². The van der Waals surface area contributed by atoms with Crippen LogP contribution >= 0.6 is 0 Å². The summed E-state index contributed by atoms with van der Waals surface area (Å²) in [5.74, 6) is -2.34. The molecule has 1 unspecified atom stereocenters. The number of hydrogen-bond acceptors (Lipinski definition) is 2. The van der Waals surface area contributed by atoms with Crippen molar-refractivity contribution in [2.75, 3.05) is 6.54 Å². The number of benzene rings is 1. The molecule has 0 saturated carbocycles. The summed E-state index contributed by atoms with van der Waals surface area (Å²) in [7, 11) is 0. The molecule has 5 heteroatoms. The van der Waals surface area contributed by atoms with Crippen LogP contribution in [0.5, 0.6) is 0 Å². The lowest BCUT2D eigenvalue weighted by molar-refractivity contribution is -0.120. The molecule has 0 aromatic heterocycles. The van der Waals surface area contributed by atoms with Crippen molar-refractivity contribution < 1.29 is 13.6 Å². The minimum atomic E-state index is -1.12.